The fourth-order valence-corrected chi connectivity index (χ4v) is 5.18. The SMILES string of the molecule is CC(=O)C(C(C)C)C(C(=O)O)C(C)C.CC(C)C1C(=O)OC(=O)C1C(C)C.CC(C)CC(C)(C)C(C)C. The van der Waals surface area contributed by atoms with Crippen LogP contribution in [0.2, 0.25) is 0 Å². The Kier molecular flexibility index (Phi) is 16.5. The standard InChI is InChI=1S/C11H20O3.C10H16O3.C10H22/c1-6(2)9(8(5)12)10(7(3)4)11(13)14;1-5(2)7-8(6(3)4)10(12)13-9(7)11;1-8(2)7-10(5,6)9(3)4/h6-7,9-10H,1-5H3,(H,13,14);5-8H,1-4H3;8-9H,7H2,1-6H3. The van der Waals surface area contributed by atoms with Crippen LogP contribution >= 0.6 is 0 Å². The van der Waals surface area contributed by atoms with Gasteiger partial charge in [0.05, 0.1) is 17.8 Å². The number of rotatable bonds is 10. The maximum atomic E-state index is 11.4. The summed E-state index contributed by atoms with van der Waals surface area (Å²) in [4.78, 5) is 45.0. The monoisotopic (exact) mass is 526 g/mol. The van der Waals surface area contributed by atoms with E-state index in [9.17, 15) is 19.2 Å². The van der Waals surface area contributed by atoms with Crippen molar-refractivity contribution in [2.45, 2.75) is 110 Å². The van der Waals surface area contributed by atoms with Crippen molar-refractivity contribution in [2.24, 2.45) is 64.6 Å². The van der Waals surface area contributed by atoms with E-state index in [4.69, 9.17) is 5.11 Å². The van der Waals surface area contributed by atoms with Gasteiger partial charge in [-0.1, -0.05) is 96.9 Å². The summed E-state index contributed by atoms with van der Waals surface area (Å²) in [5.74, 6) is -0.961. The second kappa shape index (κ2) is 16.3. The fourth-order valence-electron chi connectivity index (χ4n) is 5.18. The van der Waals surface area contributed by atoms with Crippen molar-refractivity contribution < 1.29 is 29.0 Å². The van der Waals surface area contributed by atoms with E-state index in [0.29, 0.717) is 5.41 Å². The molecule has 0 aromatic heterocycles. The normalized spacial score (nSPS) is 19.6. The first-order valence-corrected chi connectivity index (χ1v) is 14.1. The molecule has 0 aromatic carbocycles. The van der Waals surface area contributed by atoms with E-state index >= 15 is 0 Å². The van der Waals surface area contributed by atoms with Gasteiger partial charge in [0.1, 0.15) is 5.78 Å². The Bertz CT molecular complexity index is 682. The van der Waals surface area contributed by atoms with Gasteiger partial charge in [-0.05, 0) is 54.3 Å². The molecular weight excluding hydrogens is 468 g/mol. The molecule has 0 amide bonds. The van der Waals surface area contributed by atoms with E-state index < -0.39 is 11.9 Å². The van der Waals surface area contributed by atoms with Gasteiger partial charge in [-0.3, -0.25) is 19.2 Å². The maximum Gasteiger partial charge on any atom is 0.317 e. The van der Waals surface area contributed by atoms with Gasteiger partial charge in [0, 0.05) is 5.92 Å². The molecule has 218 valence electrons. The molecule has 4 atom stereocenters. The minimum Gasteiger partial charge on any atom is -0.481 e. The quantitative estimate of drug-likeness (QED) is 0.233. The van der Waals surface area contributed by atoms with Gasteiger partial charge in [-0.25, -0.2) is 0 Å². The Morgan fingerprint density at radius 1 is 0.757 bits per heavy atom. The highest BCUT2D eigenvalue weighted by Crippen LogP contribution is 2.35. The average Bonchev–Trinajstić information content (AvgIpc) is 2.98. The number of aliphatic carboxylic acids is 1. The summed E-state index contributed by atoms with van der Waals surface area (Å²) in [7, 11) is 0. The van der Waals surface area contributed by atoms with Crippen LogP contribution in [-0.4, -0.2) is 28.8 Å². The Hall–Kier alpha value is -1.72. The molecule has 1 aliphatic heterocycles. The van der Waals surface area contributed by atoms with Crippen molar-refractivity contribution in [3.8, 4) is 0 Å². The van der Waals surface area contributed by atoms with Crippen LogP contribution < -0.4 is 0 Å². The molecule has 1 rings (SSSR count). The fraction of sp³-hybridized carbons (Fsp3) is 0.871. The number of cyclic esters (lactones) is 2. The van der Waals surface area contributed by atoms with E-state index in [-0.39, 0.29) is 59.1 Å². The van der Waals surface area contributed by atoms with Gasteiger partial charge in [-0.15, -0.1) is 0 Å². The Morgan fingerprint density at radius 3 is 1.24 bits per heavy atom. The van der Waals surface area contributed by atoms with Gasteiger partial charge < -0.3 is 9.84 Å². The third-order valence-corrected chi connectivity index (χ3v) is 7.64. The number of carbonyl (C=O) groups excluding carboxylic acids is 3. The van der Waals surface area contributed by atoms with Crippen molar-refractivity contribution in [3.63, 3.8) is 0 Å². The molecule has 1 fully saturated rings. The van der Waals surface area contributed by atoms with Crippen molar-refractivity contribution in [3.05, 3.63) is 0 Å². The third-order valence-electron chi connectivity index (χ3n) is 7.64. The smallest absolute Gasteiger partial charge is 0.317 e. The summed E-state index contributed by atoms with van der Waals surface area (Å²) >= 11 is 0. The van der Waals surface area contributed by atoms with E-state index in [1.807, 2.05) is 55.4 Å². The molecule has 0 spiro atoms. The first-order chi connectivity index (χ1) is 16.6. The number of carboxylic acids is 1. The summed E-state index contributed by atoms with van der Waals surface area (Å²) < 4.78 is 4.63. The van der Waals surface area contributed by atoms with Crippen LogP contribution in [0.15, 0.2) is 0 Å². The summed E-state index contributed by atoms with van der Waals surface area (Å²) in [6.07, 6.45) is 1.34. The summed E-state index contributed by atoms with van der Waals surface area (Å²) in [6, 6.07) is 0. The van der Waals surface area contributed by atoms with Crippen LogP contribution in [0.3, 0.4) is 0 Å². The Balaban J connectivity index is 0. The first-order valence-electron chi connectivity index (χ1n) is 14.1. The van der Waals surface area contributed by atoms with E-state index in [0.717, 1.165) is 11.8 Å². The molecule has 6 heteroatoms. The van der Waals surface area contributed by atoms with Crippen LogP contribution in [0.4, 0.5) is 0 Å². The lowest BCUT2D eigenvalue weighted by Crippen LogP contribution is -2.35. The van der Waals surface area contributed by atoms with Gasteiger partial charge in [0.25, 0.3) is 0 Å². The highest BCUT2D eigenvalue weighted by atomic mass is 16.6. The molecule has 0 aromatic rings. The molecule has 1 aliphatic rings. The van der Waals surface area contributed by atoms with Crippen LogP contribution in [0.1, 0.15) is 110 Å². The first kappa shape index (κ1) is 37.4. The van der Waals surface area contributed by atoms with Gasteiger partial charge in [-0.2, -0.15) is 0 Å². The number of ketones is 1. The number of Topliss-reactive ketones (excluding diaryl/α,β-unsaturated/α-hetero) is 1. The number of ether oxygens (including phenoxy) is 1. The summed E-state index contributed by atoms with van der Waals surface area (Å²) in [6.45, 7) is 30.7. The number of esters is 2. The molecule has 6 nitrogen and oxygen atoms in total. The highest BCUT2D eigenvalue weighted by molar-refractivity contribution is 5.96. The van der Waals surface area contributed by atoms with Crippen LogP contribution in [0, 0.1) is 64.6 Å². The van der Waals surface area contributed by atoms with Crippen molar-refractivity contribution in [1.82, 2.24) is 0 Å². The number of carbonyl (C=O) groups is 4. The lowest BCUT2D eigenvalue weighted by atomic mass is 9.75. The molecule has 1 saturated heterocycles. The molecule has 1 heterocycles. The minimum absolute atomic E-state index is 0.0104. The highest BCUT2D eigenvalue weighted by Gasteiger charge is 2.47. The summed E-state index contributed by atoms with van der Waals surface area (Å²) in [5.41, 5.74) is 0.522. The lowest BCUT2D eigenvalue weighted by Gasteiger charge is -2.30. The average molecular weight is 527 g/mol. The number of hydrogen-bond acceptors (Lipinski definition) is 5. The van der Waals surface area contributed by atoms with Crippen LogP contribution in [0.25, 0.3) is 0 Å². The molecule has 0 saturated carbocycles. The second-order valence-electron chi connectivity index (χ2n) is 13.5. The second-order valence-corrected chi connectivity index (χ2v) is 13.5. The predicted molar refractivity (Wildman–Crippen MR) is 151 cm³/mol. The number of carboxylic acid groups (broad SMARTS) is 1. The van der Waals surface area contributed by atoms with Crippen molar-refractivity contribution in [1.29, 1.82) is 0 Å². The largest absolute Gasteiger partial charge is 0.481 e. The third kappa shape index (κ3) is 12.6. The molecule has 0 aliphatic carbocycles. The zero-order valence-electron chi connectivity index (χ0n) is 26.5. The van der Waals surface area contributed by atoms with Crippen molar-refractivity contribution >= 4 is 23.7 Å². The predicted octanol–water partition coefficient (Wildman–Crippen LogP) is 7.53. The minimum atomic E-state index is -0.867. The summed E-state index contributed by atoms with van der Waals surface area (Å²) in [5, 5.41) is 9.06. The molecular formula is C31H58O6. The topological polar surface area (TPSA) is 97.7 Å². The van der Waals surface area contributed by atoms with E-state index in [1.54, 1.807) is 0 Å². The zero-order valence-corrected chi connectivity index (χ0v) is 26.5. The molecule has 0 bridgehead atoms. The maximum absolute atomic E-state index is 11.4. The lowest BCUT2D eigenvalue weighted by molar-refractivity contribution is -0.154. The van der Waals surface area contributed by atoms with Crippen LogP contribution in [0.5, 0.6) is 0 Å². The van der Waals surface area contributed by atoms with E-state index in [2.05, 4.69) is 46.3 Å². The zero-order chi connectivity index (χ0) is 30.0. The van der Waals surface area contributed by atoms with E-state index in [1.165, 1.54) is 13.3 Å². The van der Waals surface area contributed by atoms with Gasteiger partial charge >= 0.3 is 17.9 Å². The van der Waals surface area contributed by atoms with Gasteiger partial charge in [0.15, 0.2) is 0 Å². The van der Waals surface area contributed by atoms with Crippen molar-refractivity contribution in [2.75, 3.05) is 0 Å². The molecule has 1 N–H and O–H groups in total. The number of hydrogen-bond donors (Lipinski definition) is 1. The molecule has 0 radical (unpaired) electrons. The Morgan fingerprint density at radius 2 is 1.11 bits per heavy atom. The molecule has 37 heavy (non-hydrogen) atoms. The Labute approximate surface area is 227 Å². The van der Waals surface area contributed by atoms with Gasteiger partial charge in [0.2, 0.25) is 0 Å². The van der Waals surface area contributed by atoms with Crippen LogP contribution in [-0.2, 0) is 23.9 Å². The molecule has 4 unspecified atom stereocenters.